The molecule has 0 spiro atoms. The quantitative estimate of drug-likeness (QED) is 0.657. The number of nitrogens with one attached hydrogen (secondary N) is 1. The Morgan fingerprint density at radius 1 is 1.31 bits per heavy atom. The third-order valence-corrected chi connectivity index (χ3v) is 4.77. The Bertz CT molecular complexity index is 1060. The van der Waals surface area contributed by atoms with Gasteiger partial charge in [0.15, 0.2) is 11.5 Å². The lowest BCUT2D eigenvalue weighted by Crippen LogP contribution is -2.29. The van der Waals surface area contributed by atoms with E-state index in [4.69, 9.17) is 21.1 Å². The average molecular weight is 417 g/mol. The van der Waals surface area contributed by atoms with Crippen molar-refractivity contribution in [2.45, 2.75) is 26.0 Å². The van der Waals surface area contributed by atoms with Gasteiger partial charge in [0.05, 0.1) is 24.1 Å². The van der Waals surface area contributed by atoms with Gasteiger partial charge in [-0.3, -0.25) is 10.1 Å². The number of carbonyl (C=O) groups is 1. The van der Waals surface area contributed by atoms with E-state index in [-0.39, 0.29) is 30.8 Å². The number of rotatable bonds is 6. The van der Waals surface area contributed by atoms with E-state index in [2.05, 4.69) is 15.4 Å². The van der Waals surface area contributed by atoms with Crippen LogP contribution in [0.4, 0.5) is 10.3 Å². The molecule has 0 fully saturated rings. The summed E-state index contributed by atoms with van der Waals surface area (Å²) in [5.41, 5.74) is 1.42. The fourth-order valence-corrected chi connectivity index (χ4v) is 3.50. The highest BCUT2D eigenvalue weighted by Gasteiger charge is 2.29. The molecular weight excluding hydrogens is 399 g/mol. The summed E-state index contributed by atoms with van der Waals surface area (Å²) in [5.74, 6) is 0.694. The topological polar surface area (TPSA) is 78.3 Å². The Hall–Kier alpha value is -3.13. The summed E-state index contributed by atoms with van der Waals surface area (Å²) in [4.78, 5) is 16.1. The first-order chi connectivity index (χ1) is 14.0. The molecule has 0 aliphatic carbocycles. The van der Waals surface area contributed by atoms with Crippen LogP contribution in [0.3, 0.4) is 0 Å². The normalized spacial score (nSPS) is 15.6. The summed E-state index contributed by atoms with van der Waals surface area (Å²) < 4.78 is 26.6. The molecule has 29 heavy (non-hydrogen) atoms. The van der Waals surface area contributed by atoms with E-state index in [0.717, 1.165) is 5.56 Å². The number of hydrogen-bond donors (Lipinski definition) is 1. The monoisotopic (exact) mass is 416 g/mol. The maximum Gasteiger partial charge on any atom is 0.229 e. The molecule has 1 amide bonds. The van der Waals surface area contributed by atoms with Crippen LogP contribution < -0.4 is 14.8 Å². The third-order valence-electron chi connectivity index (χ3n) is 4.49. The first-order valence-electron chi connectivity index (χ1n) is 9.08. The zero-order valence-electron chi connectivity index (χ0n) is 15.6. The molecule has 0 bridgehead atoms. The second kappa shape index (κ2) is 8.08. The van der Waals surface area contributed by atoms with Crippen LogP contribution in [-0.2, 0) is 11.4 Å². The van der Waals surface area contributed by atoms with Gasteiger partial charge in [-0.15, -0.1) is 0 Å². The molecule has 4 rings (SSSR count). The minimum atomic E-state index is -0.366. The molecule has 0 saturated heterocycles. The number of benzene rings is 2. The number of halogens is 2. The van der Waals surface area contributed by atoms with Crippen LogP contribution in [0, 0.1) is 5.82 Å². The lowest BCUT2D eigenvalue weighted by Gasteiger charge is -2.25. The van der Waals surface area contributed by atoms with Gasteiger partial charge in [-0.05, 0) is 42.3 Å². The van der Waals surface area contributed by atoms with Crippen molar-refractivity contribution in [3.63, 3.8) is 0 Å². The number of carbonyl (C=O) groups excluding carboxylic acids is 1. The van der Waals surface area contributed by atoms with Gasteiger partial charge in [0.1, 0.15) is 18.8 Å². The number of anilines is 1. The molecule has 9 heteroatoms. The van der Waals surface area contributed by atoms with E-state index < -0.39 is 0 Å². The fraction of sp³-hybridized carbons (Fsp3) is 0.250. The minimum absolute atomic E-state index is 0.135. The molecule has 2 heterocycles. The molecule has 1 aromatic heterocycles. The zero-order chi connectivity index (χ0) is 20.4. The molecular formula is C20H18ClFN4O3. The van der Waals surface area contributed by atoms with Crippen molar-refractivity contribution in [3.8, 4) is 11.5 Å². The lowest BCUT2D eigenvalue weighted by molar-refractivity contribution is -0.117. The van der Waals surface area contributed by atoms with Crippen LogP contribution in [0.1, 0.15) is 30.5 Å². The molecule has 1 atom stereocenters. The molecule has 1 N–H and O–H groups in total. The van der Waals surface area contributed by atoms with Crippen molar-refractivity contribution in [3.05, 3.63) is 64.7 Å². The summed E-state index contributed by atoms with van der Waals surface area (Å²) >= 11 is 6.50. The minimum Gasteiger partial charge on any atom is -0.490 e. The molecule has 1 aliphatic heterocycles. The second-order valence-electron chi connectivity index (χ2n) is 6.48. The van der Waals surface area contributed by atoms with Crippen LogP contribution in [0.5, 0.6) is 11.5 Å². The number of aromatic nitrogens is 3. The number of fused-ring (bicyclic) bond motifs is 1. The number of hydrogen-bond acceptors (Lipinski definition) is 5. The van der Waals surface area contributed by atoms with Gasteiger partial charge in [0.25, 0.3) is 0 Å². The van der Waals surface area contributed by atoms with Crippen molar-refractivity contribution in [1.82, 2.24) is 14.8 Å². The zero-order valence-corrected chi connectivity index (χ0v) is 16.3. The molecule has 2 aromatic carbocycles. The average Bonchev–Trinajstić information content (AvgIpc) is 3.15. The molecule has 7 nitrogen and oxygen atoms in total. The van der Waals surface area contributed by atoms with Crippen LogP contribution in [0.15, 0.2) is 42.7 Å². The molecule has 0 saturated carbocycles. The number of nitrogens with zero attached hydrogens (tertiary/aromatic N) is 3. The van der Waals surface area contributed by atoms with Gasteiger partial charge >= 0.3 is 0 Å². The van der Waals surface area contributed by atoms with Crippen molar-refractivity contribution >= 4 is 23.5 Å². The largest absolute Gasteiger partial charge is 0.490 e. The summed E-state index contributed by atoms with van der Waals surface area (Å²) in [5, 5.41) is 7.21. The van der Waals surface area contributed by atoms with Gasteiger partial charge in [0, 0.05) is 0 Å². The highest BCUT2D eigenvalue weighted by atomic mass is 35.5. The maximum absolute atomic E-state index is 13.4. The summed E-state index contributed by atoms with van der Waals surface area (Å²) in [7, 11) is 0. The molecule has 0 unspecified atom stereocenters. The number of amides is 1. The Balaban J connectivity index is 1.66. The summed E-state index contributed by atoms with van der Waals surface area (Å²) in [6.45, 7) is 2.38. The predicted octanol–water partition coefficient (Wildman–Crippen LogP) is 3.98. The standard InChI is InChI=1S/C20H18ClFN4O3/c1-2-28-17-8-13(16-9-18(27)25-20-23-11-24-26(16)20)7-15(21)19(17)29-10-12-4-3-5-14(22)6-12/h3-8,11,16H,2,9-10H2,1H3,(H,23,24,25,27)/t16-/m1/s1. The molecule has 0 radical (unpaired) electrons. The molecule has 1 aliphatic rings. The van der Waals surface area contributed by atoms with E-state index in [1.165, 1.54) is 18.5 Å². The second-order valence-corrected chi connectivity index (χ2v) is 6.89. The van der Waals surface area contributed by atoms with Crippen molar-refractivity contribution < 1.29 is 18.7 Å². The first kappa shape index (κ1) is 19.2. The van der Waals surface area contributed by atoms with Crippen LogP contribution in [0.25, 0.3) is 0 Å². The fourth-order valence-electron chi connectivity index (χ4n) is 3.23. The summed E-state index contributed by atoms with van der Waals surface area (Å²) in [6.07, 6.45) is 1.58. The van der Waals surface area contributed by atoms with Crippen LogP contribution in [0.2, 0.25) is 5.02 Å². The Morgan fingerprint density at radius 2 is 2.17 bits per heavy atom. The van der Waals surface area contributed by atoms with Crippen molar-refractivity contribution in [2.75, 3.05) is 11.9 Å². The number of ether oxygens (including phenoxy) is 2. The van der Waals surface area contributed by atoms with Gasteiger partial charge in [-0.2, -0.15) is 10.1 Å². The first-order valence-corrected chi connectivity index (χ1v) is 9.45. The van der Waals surface area contributed by atoms with Gasteiger partial charge < -0.3 is 9.47 Å². The Morgan fingerprint density at radius 3 is 2.97 bits per heavy atom. The highest BCUT2D eigenvalue weighted by Crippen LogP contribution is 2.41. The highest BCUT2D eigenvalue weighted by molar-refractivity contribution is 6.32. The third kappa shape index (κ3) is 4.02. The van der Waals surface area contributed by atoms with Crippen molar-refractivity contribution in [2.24, 2.45) is 0 Å². The van der Waals surface area contributed by atoms with E-state index in [1.54, 1.807) is 28.9 Å². The Labute approximate surface area is 171 Å². The Kier molecular flexibility index (Phi) is 5.35. The molecule has 150 valence electrons. The van der Waals surface area contributed by atoms with Crippen molar-refractivity contribution in [1.29, 1.82) is 0 Å². The van der Waals surface area contributed by atoms with Gasteiger partial charge in [0.2, 0.25) is 11.9 Å². The molecule has 3 aromatic rings. The SMILES string of the molecule is CCOc1cc([C@H]2CC(=O)Nc3ncnn32)cc(Cl)c1OCc1cccc(F)c1. The van der Waals surface area contributed by atoms with E-state index >= 15 is 0 Å². The van der Waals surface area contributed by atoms with Gasteiger partial charge in [-0.1, -0.05) is 23.7 Å². The lowest BCUT2D eigenvalue weighted by atomic mass is 10.0. The van der Waals surface area contributed by atoms with Crippen LogP contribution >= 0.6 is 11.6 Å². The van der Waals surface area contributed by atoms with E-state index in [0.29, 0.717) is 34.6 Å². The smallest absolute Gasteiger partial charge is 0.229 e. The maximum atomic E-state index is 13.4. The van der Waals surface area contributed by atoms with E-state index in [1.807, 2.05) is 6.92 Å². The van der Waals surface area contributed by atoms with Crippen LogP contribution in [-0.4, -0.2) is 27.3 Å². The van der Waals surface area contributed by atoms with Gasteiger partial charge in [-0.25, -0.2) is 9.07 Å². The van der Waals surface area contributed by atoms with E-state index in [9.17, 15) is 9.18 Å². The summed E-state index contributed by atoms with van der Waals surface area (Å²) in [6, 6.07) is 9.29. The predicted molar refractivity (Wildman–Crippen MR) is 105 cm³/mol.